The lowest BCUT2D eigenvalue weighted by molar-refractivity contribution is -0.140. The highest BCUT2D eigenvalue weighted by molar-refractivity contribution is 7.92. The van der Waals surface area contributed by atoms with Gasteiger partial charge in [0.05, 0.1) is 31.2 Å². The van der Waals surface area contributed by atoms with Crippen molar-refractivity contribution in [2.75, 3.05) is 17.9 Å². The van der Waals surface area contributed by atoms with E-state index in [9.17, 15) is 31.2 Å². The van der Waals surface area contributed by atoms with Crippen molar-refractivity contribution < 1.29 is 31.2 Å². The Morgan fingerprint density at radius 3 is 2.12 bits per heavy atom. The zero-order valence-corrected chi connectivity index (χ0v) is 24.8. The van der Waals surface area contributed by atoms with E-state index in [0.717, 1.165) is 11.0 Å². The van der Waals surface area contributed by atoms with E-state index in [2.05, 4.69) is 5.32 Å². The second-order valence-corrected chi connectivity index (χ2v) is 11.9. The molecule has 0 heterocycles. The van der Waals surface area contributed by atoms with Gasteiger partial charge in [-0.05, 0) is 54.4 Å². The van der Waals surface area contributed by atoms with Crippen molar-refractivity contribution in [3.8, 4) is 0 Å². The molecule has 0 fully saturated rings. The van der Waals surface area contributed by atoms with Gasteiger partial charge in [-0.3, -0.25) is 13.9 Å². The molecule has 0 radical (unpaired) electrons. The maximum Gasteiger partial charge on any atom is 0.416 e. The normalized spacial score (nSPS) is 12.5. The van der Waals surface area contributed by atoms with Crippen LogP contribution in [0.1, 0.15) is 24.5 Å². The largest absolute Gasteiger partial charge is 0.416 e. The first-order chi connectivity index (χ1) is 19.2. The molecule has 7 nitrogen and oxygen atoms in total. The molecule has 2 amide bonds. The fourth-order valence-corrected chi connectivity index (χ4v) is 6.07. The number of hydrogen-bond donors (Lipinski definition) is 1. The molecule has 220 valence electrons. The highest BCUT2D eigenvalue weighted by Gasteiger charge is 2.36. The summed E-state index contributed by atoms with van der Waals surface area (Å²) in [4.78, 5) is 27.5. The lowest BCUT2D eigenvalue weighted by Gasteiger charge is -2.33. The van der Waals surface area contributed by atoms with Crippen molar-refractivity contribution in [1.29, 1.82) is 0 Å². The first-order valence-electron chi connectivity index (χ1n) is 12.1. The van der Waals surface area contributed by atoms with Crippen molar-refractivity contribution >= 4 is 62.3 Å². The Kier molecular flexibility index (Phi) is 10.6. The number of likely N-dealkylation sites (N-methyl/N-ethyl adjacent to an activating group) is 1. The highest BCUT2D eigenvalue weighted by Crippen LogP contribution is 2.37. The molecule has 0 aliphatic rings. The Labute approximate surface area is 250 Å². The number of sulfonamides is 1. The molecule has 41 heavy (non-hydrogen) atoms. The molecule has 0 saturated carbocycles. The average molecular weight is 651 g/mol. The number of nitrogens with zero attached hydrogens (tertiary/aromatic N) is 2. The summed E-state index contributed by atoms with van der Waals surface area (Å²) in [5, 5.41) is 2.58. The lowest BCUT2D eigenvalue weighted by Crippen LogP contribution is -2.51. The SMILES string of the molecule is CC[C@@H](C(=O)NC)N(Cc1ccc(Cl)c(Cl)c1)C(=O)CN(c1cc(C(F)(F)F)ccc1Cl)S(=O)(=O)c1ccccc1. The second kappa shape index (κ2) is 13.3. The van der Waals surface area contributed by atoms with Gasteiger partial charge in [0.25, 0.3) is 10.0 Å². The molecule has 14 heteroatoms. The van der Waals surface area contributed by atoms with E-state index in [0.29, 0.717) is 22.0 Å². The number of carbonyl (C=O) groups excluding carboxylic acids is 2. The number of amides is 2. The minimum Gasteiger partial charge on any atom is -0.357 e. The molecule has 1 N–H and O–H groups in total. The summed E-state index contributed by atoms with van der Waals surface area (Å²) in [6.45, 7) is 0.501. The van der Waals surface area contributed by atoms with Crippen LogP contribution in [0.25, 0.3) is 0 Å². The first kappa shape index (κ1) is 32.5. The van der Waals surface area contributed by atoms with Crippen molar-refractivity contribution in [2.24, 2.45) is 0 Å². The van der Waals surface area contributed by atoms with Crippen molar-refractivity contribution in [3.05, 3.63) is 92.9 Å². The molecule has 3 aromatic carbocycles. The molecule has 0 bridgehead atoms. The number of anilines is 1. The van der Waals surface area contributed by atoms with Crippen molar-refractivity contribution in [2.45, 2.75) is 37.0 Å². The molecule has 3 rings (SSSR count). The van der Waals surface area contributed by atoms with E-state index < -0.39 is 51.9 Å². The molecule has 0 spiro atoms. The molecule has 0 aromatic heterocycles. The quantitative estimate of drug-likeness (QED) is 0.275. The predicted octanol–water partition coefficient (Wildman–Crippen LogP) is 6.41. The van der Waals surface area contributed by atoms with Gasteiger partial charge in [0.15, 0.2) is 0 Å². The fourth-order valence-electron chi connectivity index (χ4n) is 4.03. The van der Waals surface area contributed by atoms with E-state index in [1.165, 1.54) is 43.4 Å². The second-order valence-electron chi connectivity index (χ2n) is 8.80. The smallest absolute Gasteiger partial charge is 0.357 e. The van der Waals surface area contributed by atoms with Gasteiger partial charge in [-0.1, -0.05) is 66.0 Å². The van der Waals surface area contributed by atoms with Crippen LogP contribution >= 0.6 is 34.8 Å². The minimum absolute atomic E-state index is 0.141. The summed E-state index contributed by atoms with van der Waals surface area (Å²) in [7, 11) is -3.24. The number of benzene rings is 3. The summed E-state index contributed by atoms with van der Waals surface area (Å²) < 4.78 is 68.9. The maximum absolute atomic E-state index is 13.9. The molecule has 0 saturated heterocycles. The van der Waals surface area contributed by atoms with Crippen LogP contribution < -0.4 is 9.62 Å². The van der Waals surface area contributed by atoms with E-state index in [1.54, 1.807) is 19.1 Å². The van der Waals surface area contributed by atoms with Crippen LogP contribution in [0.4, 0.5) is 18.9 Å². The van der Waals surface area contributed by atoms with Gasteiger partial charge in [0.2, 0.25) is 11.8 Å². The topological polar surface area (TPSA) is 86.8 Å². The molecular weight excluding hydrogens is 626 g/mol. The lowest BCUT2D eigenvalue weighted by atomic mass is 10.1. The van der Waals surface area contributed by atoms with Crippen LogP contribution in [-0.2, 0) is 32.3 Å². The van der Waals surface area contributed by atoms with E-state index in [1.807, 2.05) is 0 Å². The van der Waals surface area contributed by atoms with Gasteiger partial charge in [-0.2, -0.15) is 13.2 Å². The Bertz CT molecular complexity index is 1520. The number of carbonyl (C=O) groups is 2. The molecule has 3 aromatic rings. The monoisotopic (exact) mass is 649 g/mol. The third kappa shape index (κ3) is 7.65. The third-order valence-electron chi connectivity index (χ3n) is 6.12. The Morgan fingerprint density at radius 2 is 1.56 bits per heavy atom. The minimum atomic E-state index is -4.82. The summed E-state index contributed by atoms with van der Waals surface area (Å²) in [6, 6.07) is 12.6. The van der Waals surface area contributed by atoms with Crippen LogP contribution in [0, 0.1) is 0 Å². The molecule has 0 aliphatic heterocycles. The highest BCUT2D eigenvalue weighted by atomic mass is 35.5. The summed E-state index contributed by atoms with van der Waals surface area (Å²) >= 11 is 18.4. The number of alkyl halides is 3. The molecule has 0 aliphatic carbocycles. The first-order valence-corrected chi connectivity index (χ1v) is 14.7. The van der Waals surface area contributed by atoms with Crippen LogP contribution in [-0.4, -0.2) is 44.8 Å². The fraction of sp³-hybridized carbons (Fsp3) is 0.259. The number of halogens is 6. The summed E-state index contributed by atoms with van der Waals surface area (Å²) in [5.41, 5.74) is -1.24. The third-order valence-corrected chi connectivity index (χ3v) is 8.95. The van der Waals surface area contributed by atoms with Crippen molar-refractivity contribution in [1.82, 2.24) is 10.2 Å². The van der Waals surface area contributed by atoms with E-state index in [-0.39, 0.29) is 32.9 Å². The van der Waals surface area contributed by atoms with Crippen molar-refractivity contribution in [3.63, 3.8) is 0 Å². The summed E-state index contributed by atoms with van der Waals surface area (Å²) in [5.74, 6) is -1.41. The van der Waals surface area contributed by atoms with Gasteiger partial charge < -0.3 is 10.2 Å². The molecule has 1 atom stereocenters. The maximum atomic E-state index is 13.9. The van der Waals surface area contributed by atoms with Crippen LogP contribution in [0.2, 0.25) is 15.1 Å². The van der Waals surface area contributed by atoms with Crippen LogP contribution in [0.3, 0.4) is 0 Å². The zero-order valence-electron chi connectivity index (χ0n) is 21.8. The molecular formula is C27H25Cl3F3N3O4S. The predicted molar refractivity (Wildman–Crippen MR) is 153 cm³/mol. The molecule has 0 unspecified atom stereocenters. The van der Waals surface area contributed by atoms with Gasteiger partial charge in [0.1, 0.15) is 12.6 Å². The standard InChI is InChI=1S/C27H25Cl3F3N3O4S/c1-3-23(26(38)34-2)35(15-17-9-11-20(28)22(30)13-17)25(37)16-36(41(39,40)19-7-5-4-6-8-19)24-14-18(27(31,32)33)10-12-21(24)29/h4-14,23H,3,15-16H2,1-2H3,(H,34,38)/t23-/m0/s1. The van der Waals surface area contributed by atoms with Gasteiger partial charge in [-0.15, -0.1) is 0 Å². The van der Waals surface area contributed by atoms with Crippen LogP contribution in [0.5, 0.6) is 0 Å². The number of nitrogens with one attached hydrogen (secondary N) is 1. The number of rotatable bonds is 10. The number of hydrogen-bond acceptors (Lipinski definition) is 4. The van der Waals surface area contributed by atoms with Crippen LogP contribution in [0.15, 0.2) is 71.6 Å². The zero-order chi connectivity index (χ0) is 30.5. The Morgan fingerprint density at radius 1 is 0.927 bits per heavy atom. The average Bonchev–Trinajstić information content (AvgIpc) is 2.93. The Hall–Kier alpha value is -2.99. The van der Waals surface area contributed by atoms with Gasteiger partial charge >= 0.3 is 6.18 Å². The van der Waals surface area contributed by atoms with Gasteiger partial charge in [-0.25, -0.2) is 8.42 Å². The van der Waals surface area contributed by atoms with E-state index >= 15 is 0 Å². The van der Waals surface area contributed by atoms with E-state index in [4.69, 9.17) is 34.8 Å². The summed E-state index contributed by atoms with van der Waals surface area (Å²) in [6.07, 6.45) is -4.68. The Balaban J connectivity index is 2.16. The van der Waals surface area contributed by atoms with Gasteiger partial charge in [0, 0.05) is 13.6 Å².